The summed E-state index contributed by atoms with van der Waals surface area (Å²) in [6, 6.07) is 0. The van der Waals surface area contributed by atoms with Gasteiger partial charge in [-0.05, 0) is 17.7 Å². The van der Waals surface area contributed by atoms with Crippen molar-refractivity contribution in [2.75, 3.05) is 32.8 Å². The standard InChI is InChI=1S/C13H21N5O5/c1-2-10(18-23-13(21)17-6-4-11(19)20)22-9-3-5-14-12-15-7-8-16-12/h2H,1,3-9H2,(H,17,21)(H,19,20)(H2,14,15,16)/b18-10+. The average Bonchev–Trinajstić information content (AvgIpc) is 3.03. The first kappa shape index (κ1) is 18.3. The summed E-state index contributed by atoms with van der Waals surface area (Å²) in [5.41, 5.74) is 0. The third kappa shape index (κ3) is 8.96. The summed E-state index contributed by atoms with van der Waals surface area (Å²) in [6.45, 7) is 6.10. The molecule has 1 aliphatic rings. The van der Waals surface area contributed by atoms with Crippen LogP contribution in [0.3, 0.4) is 0 Å². The maximum absolute atomic E-state index is 11.2. The Hall–Kier alpha value is -2.78. The van der Waals surface area contributed by atoms with Crippen molar-refractivity contribution in [3.05, 3.63) is 12.7 Å². The Morgan fingerprint density at radius 1 is 1.48 bits per heavy atom. The molecule has 0 bridgehead atoms. The zero-order valence-corrected chi connectivity index (χ0v) is 12.7. The predicted molar refractivity (Wildman–Crippen MR) is 83.2 cm³/mol. The fourth-order valence-electron chi connectivity index (χ4n) is 1.48. The monoisotopic (exact) mass is 327 g/mol. The van der Waals surface area contributed by atoms with Crippen molar-refractivity contribution in [2.24, 2.45) is 10.1 Å². The Kier molecular flexibility index (Phi) is 8.64. The van der Waals surface area contributed by atoms with Gasteiger partial charge in [-0.1, -0.05) is 6.58 Å². The quantitative estimate of drug-likeness (QED) is 0.149. The van der Waals surface area contributed by atoms with Crippen LogP contribution in [-0.4, -0.2) is 61.8 Å². The third-order valence-electron chi connectivity index (χ3n) is 2.54. The maximum atomic E-state index is 11.2. The van der Waals surface area contributed by atoms with E-state index in [1.807, 2.05) is 0 Å². The van der Waals surface area contributed by atoms with Crippen LogP contribution in [0, 0.1) is 0 Å². The highest BCUT2D eigenvalue weighted by Gasteiger charge is 2.05. The Labute approximate surface area is 133 Å². The van der Waals surface area contributed by atoms with Gasteiger partial charge in [-0.25, -0.2) is 4.79 Å². The molecule has 0 atom stereocenters. The number of aliphatic carboxylic acids is 1. The van der Waals surface area contributed by atoms with E-state index in [1.54, 1.807) is 0 Å². The fraction of sp³-hybridized carbons (Fsp3) is 0.538. The molecule has 1 amide bonds. The van der Waals surface area contributed by atoms with Crippen molar-refractivity contribution in [2.45, 2.75) is 12.8 Å². The molecule has 128 valence electrons. The van der Waals surface area contributed by atoms with Crippen molar-refractivity contribution in [3.8, 4) is 0 Å². The summed E-state index contributed by atoms with van der Waals surface area (Å²) < 4.78 is 5.28. The van der Waals surface area contributed by atoms with Crippen molar-refractivity contribution in [1.29, 1.82) is 0 Å². The van der Waals surface area contributed by atoms with Gasteiger partial charge >= 0.3 is 12.1 Å². The predicted octanol–water partition coefficient (Wildman–Crippen LogP) is -0.358. The highest BCUT2D eigenvalue weighted by molar-refractivity contribution is 5.87. The number of nitrogens with one attached hydrogen (secondary N) is 3. The van der Waals surface area contributed by atoms with E-state index in [-0.39, 0.29) is 18.9 Å². The van der Waals surface area contributed by atoms with E-state index in [2.05, 4.69) is 37.5 Å². The van der Waals surface area contributed by atoms with Crippen LogP contribution in [-0.2, 0) is 14.4 Å². The SMILES string of the molecule is C=C/C(=N\OC(=O)NCCC(=O)O)OCCCNC1=NCCN1. The number of aliphatic imine (C=N–C) groups is 1. The van der Waals surface area contributed by atoms with E-state index in [0.717, 1.165) is 19.0 Å². The van der Waals surface area contributed by atoms with Gasteiger partial charge in [-0.2, -0.15) is 0 Å². The van der Waals surface area contributed by atoms with Gasteiger partial charge in [-0.3, -0.25) is 14.6 Å². The van der Waals surface area contributed by atoms with Crippen molar-refractivity contribution >= 4 is 23.9 Å². The molecule has 0 aromatic carbocycles. The van der Waals surface area contributed by atoms with E-state index in [4.69, 9.17) is 9.84 Å². The molecule has 0 aromatic rings. The van der Waals surface area contributed by atoms with Gasteiger partial charge in [0, 0.05) is 19.6 Å². The van der Waals surface area contributed by atoms with Gasteiger partial charge in [0.2, 0.25) is 5.90 Å². The van der Waals surface area contributed by atoms with E-state index in [0.29, 0.717) is 19.6 Å². The van der Waals surface area contributed by atoms with Crippen LogP contribution < -0.4 is 16.0 Å². The Bertz CT molecular complexity index is 477. The summed E-state index contributed by atoms with van der Waals surface area (Å²) in [5.74, 6) is -0.171. The molecule has 10 nitrogen and oxygen atoms in total. The molecule has 0 aliphatic carbocycles. The number of nitrogens with zero attached hydrogens (tertiary/aromatic N) is 2. The van der Waals surface area contributed by atoms with Crippen molar-refractivity contribution in [3.63, 3.8) is 0 Å². The molecule has 10 heteroatoms. The van der Waals surface area contributed by atoms with Crippen LogP contribution in [0.2, 0.25) is 0 Å². The van der Waals surface area contributed by atoms with E-state index < -0.39 is 12.1 Å². The van der Waals surface area contributed by atoms with Crippen LogP contribution in [0.4, 0.5) is 4.79 Å². The second kappa shape index (κ2) is 10.9. The molecule has 1 aliphatic heterocycles. The maximum Gasteiger partial charge on any atom is 0.433 e. The second-order valence-electron chi connectivity index (χ2n) is 4.37. The second-order valence-corrected chi connectivity index (χ2v) is 4.37. The van der Waals surface area contributed by atoms with E-state index >= 15 is 0 Å². The first-order chi connectivity index (χ1) is 11.1. The molecular formula is C13H21N5O5. The third-order valence-corrected chi connectivity index (χ3v) is 2.54. The molecule has 0 fully saturated rings. The number of ether oxygens (including phenoxy) is 1. The smallest absolute Gasteiger partial charge is 0.433 e. The van der Waals surface area contributed by atoms with Crippen LogP contribution >= 0.6 is 0 Å². The van der Waals surface area contributed by atoms with E-state index in [1.165, 1.54) is 6.08 Å². The minimum Gasteiger partial charge on any atom is -0.481 e. The molecule has 0 saturated carbocycles. The number of oxime groups is 1. The first-order valence-electron chi connectivity index (χ1n) is 7.14. The molecular weight excluding hydrogens is 306 g/mol. The molecule has 0 radical (unpaired) electrons. The van der Waals surface area contributed by atoms with Gasteiger partial charge in [0.15, 0.2) is 5.96 Å². The highest BCUT2D eigenvalue weighted by atomic mass is 16.7. The van der Waals surface area contributed by atoms with Crippen LogP contribution in [0.15, 0.2) is 22.8 Å². The van der Waals surface area contributed by atoms with Crippen molar-refractivity contribution < 1.29 is 24.3 Å². The van der Waals surface area contributed by atoms with Gasteiger partial charge in [0.1, 0.15) is 0 Å². The number of carboxylic acid groups (broad SMARTS) is 1. The zero-order chi connectivity index (χ0) is 16.9. The lowest BCUT2D eigenvalue weighted by molar-refractivity contribution is -0.136. The number of guanidine groups is 1. The number of carboxylic acids is 1. The molecule has 0 aromatic heterocycles. The van der Waals surface area contributed by atoms with Gasteiger partial charge in [-0.15, -0.1) is 0 Å². The lowest BCUT2D eigenvalue weighted by Crippen LogP contribution is -2.34. The number of carbonyl (C=O) groups is 2. The Morgan fingerprint density at radius 2 is 2.30 bits per heavy atom. The molecule has 23 heavy (non-hydrogen) atoms. The number of amides is 1. The topological polar surface area (TPSA) is 134 Å². The minimum atomic E-state index is -1.02. The number of carbonyl (C=O) groups excluding carboxylic acids is 1. The number of hydrogen-bond acceptors (Lipinski definition) is 8. The minimum absolute atomic E-state index is 0.0441. The van der Waals surface area contributed by atoms with Crippen molar-refractivity contribution in [1.82, 2.24) is 16.0 Å². The van der Waals surface area contributed by atoms with Gasteiger partial charge < -0.3 is 25.8 Å². The fourth-order valence-corrected chi connectivity index (χ4v) is 1.48. The summed E-state index contributed by atoms with van der Waals surface area (Å²) in [7, 11) is 0. The Morgan fingerprint density at radius 3 is 2.96 bits per heavy atom. The molecule has 0 spiro atoms. The largest absolute Gasteiger partial charge is 0.481 e. The summed E-state index contributed by atoms with van der Waals surface area (Å²) in [6.07, 6.45) is 0.941. The molecule has 0 unspecified atom stereocenters. The number of hydrogen-bond donors (Lipinski definition) is 4. The molecule has 1 rings (SSSR count). The molecule has 1 heterocycles. The zero-order valence-electron chi connectivity index (χ0n) is 12.7. The summed E-state index contributed by atoms with van der Waals surface area (Å²) in [5, 5.41) is 20.3. The van der Waals surface area contributed by atoms with Crippen LogP contribution in [0.5, 0.6) is 0 Å². The van der Waals surface area contributed by atoms with Crippen LogP contribution in [0.1, 0.15) is 12.8 Å². The molecule has 4 N–H and O–H groups in total. The lowest BCUT2D eigenvalue weighted by Gasteiger charge is -2.08. The first-order valence-corrected chi connectivity index (χ1v) is 7.14. The highest BCUT2D eigenvalue weighted by Crippen LogP contribution is 1.91. The number of rotatable bonds is 9. The van der Waals surface area contributed by atoms with E-state index in [9.17, 15) is 9.59 Å². The van der Waals surface area contributed by atoms with Crippen LogP contribution in [0.25, 0.3) is 0 Å². The lowest BCUT2D eigenvalue weighted by atomic mass is 10.4. The normalized spacial score (nSPS) is 13.6. The van der Waals surface area contributed by atoms with Gasteiger partial charge in [0.05, 0.1) is 19.6 Å². The van der Waals surface area contributed by atoms with Gasteiger partial charge in [0.25, 0.3) is 0 Å². The summed E-state index contributed by atoms with van der Waals surface area (Å²) >= 11 is 0. The average molecular weight is 327 g/mol. The Balaban J connectivity index is 2.12. The summed E-state index contributed by atoms with van der Waals surface area (Å²) in [4.78, 5) is 30.2. The molecule has 0 saturated heterocycles.